The third-order valence-corrected chi connectivity index (χ3v) is 5.42. The van der Waals surface area contributed by atoms with E-state index in [1.54, 1.807) is 0 Å². The van der Waals surface area contributed by atoms with Crippen molar-refractivity contribution in [3.05, 3.63) is 12.2 Å². The fourth-order valence-electron chi connectivity index (χ4n) is 3.33. The van der Waals surface area contributed by atoms with Crippen LogP contribution in [0.15, 0.2) is 12.2 Å². The number of rotatable bonds is 8. The number of allylic oxidation sites excluding steroid dienone is 2. The first kappa shape index (κ1) is 16.8. The minimum atomic E-state index is -0.743. The van der Waals surface area contributed by atoms with Gasteiger partial charge in [-0.05, 0) is 49.6 Å². The van der Waals surface area contributed by atoms with Crippen molar-refractivity contribution in [2.75, 3.05) is 5.75 Å². The Balaban J connectivity index is 1.76. The molecule has 0 aromatic rings. The van der Waals surface area contributed by atoms with Crippen LogP contribution in [0.1, 0.15) is 38.5 Å². The van der Waals surface area contributed by atoms with Gasteiger partial charge in [-0.25, -0.2) is 0 Å². The van der Waals surface area contributed by atoms with Gasteiger partial charge < -0.3 is 9.84 Å². The zero-order valence-electron chi connectivity index (χ0n) is 11.9. The van der Waals surface area contributed by atoms with Gasteiger partial charge >= 0.3 is 5.97 Å². The summed E-state index contributed by atoms with van der Waals surface area (Å²) in [5.74, 6) is 0.858. The van der Waals surface area contributed by atoms with Gasteiger partial charge in [0.2, 0.25) is 0 Å². The van der Waals surface area contributed by atoms with E-state index in [1.165, 1.54) is 11.8 Å². The Bertz CT molecular complexity index is 412. The number of unbranched alkanes of at least 4 members (excludes halogenated alkanes) is 1. The van der Waals surface area contributed by atoms with Crippen molar-refractivity contribution in [3.8, 4) is 0 Å². The summed E-state index contributed by atoms with van der Waals surface area (Å²) in [6.45, 7) is 0. The summed E-state index contributed by atoms with van der Waals surface area (Å²) in [6.07, 6.45) is 9.63. The van der Waals surface area contributed by atoms with Crippen molar-refractivity contribution in [2.45, 2.75) is 50.7 Å². The molecule has 2 bridgehead atoms. The van der Waals surface area contributed by atoms with E-state index in [1.807, 2.05) is 0 Å². The van der Waals surface area contributed by atoms with E-state index in [2.05, 4.69) is 12.2 Å². The van der Waals surface area contributed by atoms with Crippen LogP contribution < -0.4 is 0 Å². The van der Waals surface area contributed by atoms with E-state index >= 15 is 0 Å². The van der Waals surface area contributed by atoms with Crippen molar-refractivity contribution < 1.29 is 19.4 Å². The van der Waals surface area contributed by atoms with Crippen molar-refractivity contribution in [3.63, 3.8) is 0 Å². The van der Waals surface area contributed by atoms with Crippen molar-refractivity contribution in [2.24, 2.45) is 11.8 Å². The van der Waals surface area contributed by atoms with Crippen LogP contribution in [0.5, 0.6) is 0 Å². The minimum absolute atomic E-state index is 0.221. The Morgan fingerprint density at radius 2 is 1.95 bits per heavy atom. The number of aliphatic carboxylic acids is 1. The molecule has 0 aromatic heterocycles. The molecule has 0 aliphatic carbocycles. The van der Waals surface area contributed by atoms with Gasteiger partial charge in [0.25, 0.3) is 4.57 Å². The summed E-state index contributed by atoms with van der Waals surface area (Å²) >= 11 is 6.59. The lowest BCUT2D eigenvalue weighted by Gasteiger charge is -2.26. The summed E-state index contributed by atoms with van der Waals surface area (Å²) in [4.78, 5) is 21.3. The first-order valence-corrected chi connectivity index (χ1v) is 8.78. The first-order valence-electron chi connectivity index (χ1n) is 7.42. The molecule has 2 fully saturated rings. The highest BCUT2D eigenvalue weighted by Crippen LogP contribution is 2.46. The molecular weight excluding hydrogens is 312 g/mol. The molecule has 2 heterocycles. The van der Waals surface area contributed by atoms with E-state index < -0.39 is 5.97 Å². The summed E-state index contributed by atoms with van der Waals surface area (Å²) in [7, 11) is 0. The van der Waals surface area contributed by atoms with Crippen LogP contribution in [0.3, 0.4) is 0 Å². The number of fused-ring (bicyclic) bond motifs is 2. The number of ether oxygens (including phenoxy) is 1. The number of carboxylic acid groups (broad SMARTS) is 1. The number of carbonyl (C=O) groups is 2. The molecule has 2 aliphatic heterocycles. The number of hydrogen-bond donors (Lipinski definition) is 1. The van der Waals surface area contributed by atoms with Crippen LogP contribution in [0, 0.1) is 11.8 Å². The summed E-state index contributed by atoms with van der Waals surface area (Å²) < 4.78 is 5.61. The molecule has 118 valence electrons. The third-order valence-electron chi connectivity index (χ3n) is 4.32. The second-order valence-electron chi connectivity index (χ2n) is 5.66. The summed E-state index contributed by atoms with van der Waals surface area (Å²) in [5.41, 5.74) is 0. The molecule has 6 heteroatoms. The Morgan fingerprint density at radius 1 is 1.24 bits per heavy atom. The molecule has 0 spiro atoms. The van der Waals surface area contributed by atoms with E-state index in [-0.39, 0.29) is 17.1 Å². The maximum absolute atomic E-state index is 10.9. The predicted octanol–water partition coefficient (Wildman–Crippen LogP) is 4.07. The number of carbonyl (C=O) groups excluding carboxylic acids is 1. The van der Waals surface area contributed by atoms with E-state index in [9.17, 15) is 9.59 Å². The molecule has 4 nitrogen and oxygen atoms in total. The molecule has 0 amide bonds. The van der Waals surface area contributed by atoms with Gasteiger partial charge in [-0.1, -0.05) is 23.9 Å². The second kappa shape index (κ2) is 8.20. The number of carboxylic acids is 1. The maximum atomic E-state index is 10.9. The first-order chi connectivity index (χ1) is 10.1. The molecule has 0 saturated carbocycles. The fraction of sp³-hybridized carbons (Fsp3) is 0.733. The lowest BCUT2D eigenvalue weighted by molar-refractivity contribution is -0.137. The normalized spacial score (nSPS) is 31.1. The Kier molecular flexibility index (Phi) is 6.58. The van der Waals surface area contributed by atoms with Crippen LogP contribution in [-0.2, 0) is 9.53 Å². The molecule has 21 heavy (non-hydrogen) atoms. The molecule has 1 N–H and O–H groups in total. The van der Waals surface area contributed by atoms with Gasteiger partial charge in [-0.15, -0.1) is 0 Å². The van der Waals surface area contributed by atoms with Gasteiger partial charge in [0.05, 0.1) is 12.2 Å². The third kappa shape index (κ3) is 5.01. The largest absolute Gasteiger partial charge is 0.481 e. The molecule has 0 aromatic carbocycles. The molecule has 0 radical (unpaired) electrons. The summed E-state index contributed by atoms with van der Waals surface area (Å²) in [5, 5.41) is 8.57. The van der Waals surface area contributed by atoms with E-state index in [4.69, 9.17) is 21.4 Å². The molecule has 2 saturated heterocycles. The summed E-state index contributed by atoms with van der Waals surface area (Å²) in [6, 6.07) is 0. The molecule has 0 unspecified atom stereocenters. The highest BCUT2D eigenvalue weighted by molar-refractivity contribution is 8.16. The lowest BCUT2D eigenvalue weighted by Crippen LogP contribution is -2.28. The van der Waals surface area contributed by atoms with Crippen molar-refractivity contribution >= 4 is 33.9 Å². The average molecular weight is 333 g/mol. The number of hydrogen-bond acceptors (Lipinski definition) is 4. The van der Waals surface area contributed by atoms with Crippen LogP contribution >= 0.6 is 23.4 Å². The number of halogens is 1. The molecule has 2 aliphatic rings. The number of thioether (sulfide) groups is 1. The maximum Gasteiger partial charge on any atom is 0.303 e. The predicted molar refractivity (Wildman–Crippen MR) is 83.8 cm³/mol. The monoisotopic (exact) mass is 332 g/mol. The average Bonchev–Trinajstić information content (AvgIpc) is 3.01. The SMILES string of the molecule is O=C(O)CCC/C=C\C[C@@H]1[C@H](CSC(=O)Cl)[C@@H]2CC[C@H]1O2. The topological polar surface area (TPSA) is 63.6 Å². The quantitative estimate of drug-likeness (QED) is 0.412. The Morgan fingerprint density at radius 3 is 2.62 bits per heavy atom. The standard InChI is InChI=1S/C15H21ClO4S/c16-15(19)21-9-11-10(12-7-8-13(11)20-12)5-3-1-2-4-6-14(17)18/h1,3,10-13H,2,4-9H2,(H,17,18)/b3-1-/t10-,11+,12-,13+/m1/s1. The molecule has 4 atom stereocenters. The molecule has 2 rings (SSSR count). The minimum Gasteiger partial charge on any atom is -0.481 e. The van der Waals surface area contributed by atoms with Crippen molar-refractivity contribution in [1.82, 2.24) is 0 Å². The van der Waals surface area contributed by atoms with Crippen LogP contribution in [0.4, 0.5) is 4.79 Å². The lowest BCUT2D eigenvalue weighted by atomic mass is 9.78. The smallest absolute Gasteiger partial charge is 0.303 e. The van der Waals surface area contributed by atoms with Crippen LogP contribution in [0.25, 0.3) is 0 Å². The Hall–Kier alpha value is -0.520. The van der Waals surface area contributed by atoms with E-state index in [0.29, 0.717) is 24.4 Å². The molecular formula is C15H21ClO4S. The van der Waals surface area contributed by atoms with Crippen LogP contribution in [-0.4, -0.2) is 33.6 Å². The zero-order valence-corrected chi connectivity index (χ0v) is 13.4. The highest BCUT2D eigenvalue weighted by atomic mass is 35.5. The highest BCUT2D eigenvalue weighted by Gasteiger charge is 2.47. The van der Waals surface area contributed by atoms with Gasteiger partial charge in [0, 0.05) is 18.1 Å². The Labute approximate surface area is 134 Å². The van der Waals surface area contributed by atoms with Crippen LogP contribution in [0.2, 0.25) is 0 Å². The van der Waals surface area contributed by atoms with Gasteiger partial charge in [-0.2, -0.15) is 0 Å². The van der Waals surface area contributed by atoms with Gasteiger partial charge in [0.1, 0.15) is 0 Å². The van der Waals surface area contributed by atoms with Gasteiger partial charge in [0.15, 0.2) is 0 Å². The van der Waals surface area contributed by atoms with E-state index in [0.717, 1.165) is 31.4 Å². The van der Waals surface area contributed by atoms with Crippen molar-refractivity contribution in [1.29, 1.82) is 0 Å². The fourth-order valence-corrected chi connectivity index (χ4v) is 4.31. The second-order valence-corrected chi connectivity index (χ2v) is 7.22. The zero-order chi connectivity index (χ0) is 15.2. The van der Waals surface area contributed by atoms with Gasteiger partial charge in [-0.3, -0.25) is 9.59 Å².